The summed E-state index contributed by atoms with van der Waals surface area (Å²) in [6, 6.07) is 17.1. The summed E-state index contributed by atoms with van der Waals surface area (Å²) in [5, 5.41) is 2.75. The summed E-state index contributed by atoms with van der Waals surface area (Å²) < 4.78 is 13.9. The third kappa shape index (κ3) is 3.88. The molecule has 1 atom stereocenters. The number of carbonyl (C=O) groups is 1. The molecule has 1 aliphatic heterocycles. The molecule has 1 aliphatic carbocycles. The second-order valence-electron chi connectivity index (χ2n) is 7.17. The summed E-state index contributed by atoms with van der Waals surface area (Å²) in [4.78, 5) is 17.2. The van der Waals surface area contributed by atoms with Gasteiger partial charge in [-0.15, -0.1) is 0 Å². The van der Waals surface area contributed by atoms with Crippen LogP contribution in [0.2, 0.25) is 0 Å². The van der Waals surface area contributed by atoms with E-state index in [-0.39, 0.29) is 17.8 Å². The van der Waals surface area contributed by atoms with E-state index in [4.69, 9.17) is 0 Å². The fraction of sp³-hybridized carbons (Fsp3) is 0.381. The van der Waals surface area contributed by atoms with Gasteiger partial charge in [0.25, 0.3) is 0 Å². The molecule has 5 heteroatoms. The molecule has 136 valence electrons. The molecule has 2 aromatic rings. The number of anilines is 1. The standard InChI is InChI=1S/C21H24FN3O/c22-19-8-4-5-9-20(19)23-21(26)25-13-12-24(17-10-11-17)15-18(25)14-16-6-2-1-3-7-16/h1-9,17-18H,10-15H2,(H,23,26). The van der Waals surface area contributed by atoms with Gasteiger partial charge < -0.3 is 10.2 Å². The van der Waals surface area contributed by atoms with Crippen LogP contribution >= 0.6 is 0 Å². The van der Waals surface area contributed by atoms with Crippen LogP contribution in [-0.4, -0.2) is 47.5 Å². The molecule has 0 aromatic heterocycles. The Bertz CT molecular complexity index is 763. The predicted octanol–water partition coefficient (Wildman–Crippen LogP) is 3.75. The molecule has 26 heavy (non-hydrogen) atoms. The molecule has 2 aliphatic rings. The maximum atomic E-state index is 13.9. The van der Waals surface area contributed by atoms with Gasteiger partial charge in [0.1, 0.15) is 5.82 Å². The van der Waals surface area contributed by atoms with Crippen LogP contribution in [0.3, 0.4) is 0 Å². The van der Waals surface area contributed by atoms with E-state index >= 15 is 0 Å². The molecule has 1 heterocycles. The molecule has 0 radical (unpaired) electrons. The molecule has 1 N–H and O–H groups in total. The van der Waals surface area contributed by atoms with Crippen LogP contribution in [0.1, 0.15) is 18.4 Å². The average molecular weight is 353 g/mol. The van der Waals surface area contributed by atoms with E-state index in [2.05, 4.69) is 22.3 Å². The highest BCUT2D eigenvalue weighted by molar-refractivity contribution is 5.89. The lowest BCUT2D eigenvalue weighted by atomic mass is 10.0. The normalized spacial score (nSPS) is 20.8. The fourth-order valence-corrected chi connectivity index (χ4v) is 3.73. The van der Waals surface area contributed by atoms with E-state index in [9.17, 15) is 9.18 Å². The zero-order valence-electron chi connectivity index (χ0n) is 14.8. The lowest BCUT2D eigenvalue weighted by molar-refractivity contribution is 0.0954. The van der Waals surface area contributed by atoms with Gasteiger partial charge >= 0.3 is 6.03 Å². The number of para-hydroxylation sites is 1. The summed E-state index contributed by atoms with van der Waals surface area (Å²) in [6.07, 6.45) is 3.34. The van der Waals surface area contributed by atoms with E-state index in [1.807, 2.05) is 23.1 Å². The highest BCUT2D eigenvalue weighted by Gasteiger charge is 2.37. The van der Waals surface area contributed by atoms with Crippen LogP contribution in [0.4, 0.5) is 14.9 Å². The highest BCUT2D eigenvalue weighted by Crippen LogP contribution is 2.30. The first kappa shape index (κ1) is 17.0. The molecular weight excluding hydrogens is 329 g/mol. The maximum Gasteiger partial charge on any atom is 0.322 e. The van der Waals surface area contributed by atoms with Crippen LogP contribution in [0.25, 0.3) is 0 Å². The van der Waals surface area contributed by atoms with Crippen molar-refractivity contribution >= 4 is 11.7 Å². The van der Waals surface area contributed by atoms with Crippen molar-refractivity contribution in [1.82, 2.24) is 9.80 Å². The Kier molecular flexibility index (Phi) is 4.89. The van der Waals surface area contributed by atoms with E-state index in [0.717, 1.165) is 19.5 Å². The molecule has 1 saturated carbocycles. The number of hydrogen-bond donors (Lipinski definition) is 1. The second kappa shape index (κ2) is 7.46. The van der Waals surface area contributed by atoms with Gasteiger partial charge in [0.15, 0.2) is 0 Å². The van der Waals surface area contributed by atoms with Crippen molar-refractivity contribution in [2.75, 3.05) is 25.0 Å². The number of halogens is 1. The molecule has 0 bridgehead atoms. The number of nitrogens with one attached hydrogen (secondary N) is 1. The molecule has 1 saturated heterocycles. The number of urea groups is 1. The topological polar surface area (TPSA) is 35.6 Å². The summed E-state index contributed by atoms with van der Waals surface area (Å²) in [5.74, 6) is -0.405. The van der Waals surface area contributed by atoms with Crippen molar-refractivity contribution in [2.24, 2.45) is 0 Å². The number of nitrogens with zero attached hydrogens (tertiary/aromatic N) is 2. The zero-order chi connectivity index (χ0) is 17.9. The smallest absolute Gasteiger partial charge is 0.319 e. The van der Waals surface area contributed by atoms with Gasteiger partial charge in [-0.3, -0.25) is 4.90 Å². The molecule has 4 nitrogen and oxygen atoms in total. The van der Waals surface area contributed by atoms with Crippen LogP contribution in [0, 0.1) is 5.82 Å². The number of piperazine rings is 1. The maximum absolute atomic E-state index is 13.9. The molecule has 2 aromatic carbocycles. The SMILES string of the molecule is O=C(Nc1ccccc1F)N1CCN(C2CC2)CC1Cc1ccccc1. The first-order valence-electron chi connectivity index (χ1n) is 9.31. The van der Waals surface area contributed by atoms with Gasteiger partial charge in [-0.25, -0.2) is 9.18 Å². The number of rotatable bonds is 4. The molecule has 2 fully saturated rings. The summed E-state index contributed by atoms with van der Waals surface area (Å²) in [6.45, 7) is 2.44. The predicted molar refractivity (Wildman–Crippen MR) is 101 cm³/mol. The Morgan fingerprint density at radius 2 is 1.77 bits per heavy atom. The van der Waals surface area contributed by atoms with Crippen molar-refractivity contribution in [1.29, 1.82) is 0 Å². The van der Waals surface area contributed by atoms with Crippen molar-refractivity contribution in [3.8, 4) is 0 Å². The Hall–Kier alpha value is -2.40. The molecule has 2 amide bonds. The molecule has 0 spiro atoms. The highest BCUT2D eigenvalue weighted by atomic mass is 19.1. The van der Waals surface area contributed by atoms with Crippen LogP contribution in [0.15, 0.2) is 54.6 Å². The first-order chi connectivity index (χ1) is 12.7. The van der Waals surface area contributed by atoms with E-state index in [1.54, 1.807) is 18.2 Å². The summed E-state index contributed by atoms with van der Waals surface area (Å²) in [7, 11) is 0. The quantitative estimate of drug-likeness (QED) is 0.909. The monoisotopic (exact) mass is 353 g/mol. The minimum Gasteiger partial charge on any atom is -0.319 e. The van der Waals surface area contributed by atoms with Gasteiger partial charge in [0, 0.05) is 25.7 Å². The van der Waals surface area contributed by atoms with Gasteiger partial charge in [0.05, 0.1) is 11.7 Å². The van der Waals surface area contributed by atoms with E-state index in [0.29, 0.717) is 12.6 Å². The molecule has 1 unspecified atom stereocenters. The summed E-state index contributed by atoms with van der Waals surface area (Å²) in [5.41, 5.74) is 1.46. The number of benzene rings is 2. The summed E-state index contributed by atoms with van der Waals surface area (Å²) >= 11 is 0. The Balaban J connectivity index is 1.49. The third-order valence-electron chi connectivity index (χ3n) is 5.27. The Morgan fingerprint density at radius 1 is 1.04 bits per heavy atom. The number of carbonyl (C=O) groups excluding carboxylic acids is 1. The van der Waals surface area contributed by atoms with Gasteiger partial charge in [-0.1, -0.05) is 42.5 Å². The lowest BCUT2D eigenvalue weighted by Crippen LogP contribution is -2.57. The minimum atomic E-state index is -0.405. The van der Waals surface area contributed by atoms with Crippen molar-refractivity contribution < 1.29 is 9.18 Å². The van der Waals surface area contributed by atoms with Crippen LogP contribution < -0.4 is 5.32 Å². The Morgan fingerprint density at radius 3 is 2.50 bits per heavy atom. The van der Waals surface area contributed by atoms with Crippen LogP contribution in [0.5, 0.6) is 0 Å². The molecule has 4 rings (SSSR count). The van der Waals surface area contributed by atoms with E-state index in [1.165, 1.54) is 24.5 Å². The zero-order valence-corrected chi connectivity index (χ0v) is 14.8. The van der Waals surface area contributed by atoms with E-state index < -0.39 is 5.82 Å². The molecular formula is C21H24FN3O. The van der Waals surface area contributed by atoms with Crippen molar-refractivity contribution in [2.45, 2.75) is 31.3 Å². The Labute approximate surface area is 153 Å². The van der Waals surface area contributed by atoms with Crippen LogP contribution in [-0.2, 0) is 6.42 Å². The van der Waals surface area contributed by atoms with Gasteiger partial charge in [-0.05, 0) is 37.0 Å². The van der Waals surface area contributed by atoms with Crippen molar-refractivity contribution in [3.63, 3.8) is 0 Å². The third-order valence-corrected chi connectivity index (χ3v) is 5.27. The average Bonchev–Trinajstić information content (AvgIpc) is 3.50. The van der Waals surface area contributed by atoms with Crippen molar-refractivity contribution in [3.05, 3.63) is 66.0 Å². The lowest BCUT2D eigenvalue weighted by Gasteiger charge is -2.41. The van der Waals surface area contributed by atoms with Gasteiger partial charge in [-0.2, -0.15) is 0 Å². The largest absolute Gasteiger partial charge is 0.322 e. The number of hydrogen-bond acceptors (Lipinski definition) is 2. The number of amides is 2. The van der Waals surface area contributed by atoms with Gasteiger partial charge in [0.2, 0.25) is 0 Å². The second-order valence-corrected chi connectivity index (χ2v) is 7.17. The first-order valence-corrected chi connectivity index (χ1v) is 9.31. The fourth-order valence-electron chi connectivity index (χ4n) is 3.73. The minimum absolute atomic E-state index is 0.0959.